The normalized spacial score (nSPS) is 26.2. The first-order valence-electron chi connectivity index (χ1n) is 8.17. The van der Waals surface area contributed by atoms with Crippen molar-refractivity contribution < 1.29 is 13.2 Å². The van der Waals surface area contributed by atoms with Gasteiger partial charge in [-0.1, -0.05) is 18.5 Å². The number of anilines is 1. The number of sulfone groups is 1. The number of halogens is 1. The van der Waals surface area contributed by atoms with Gasteiger partial charge in [0.2, 0.25) is 0 Å². The van der Waals surface area contributed by atoms with E-state index in [1.807, 2.05) is 0 Å². The molecule has 24 heavy (non-hydrogen) atoms. The summed E-state index contributed by atoms with van der Waals surface area (Å²) in [5.41, 5.74) is 0.651. The highest BCUT2D eigenvalue weighted by atomic mass is 35.5. The standard InChI is InChI=1S/C16H22ClN3O3S/c1-2-7-19-8-9-20(15-11-24(22,23)10-14(15)19)16(21)18-13-5-3-12(17)4-6-13/h3-6,14-15H,2,7-11H2,1H3,(H,18,21)/t14-,15+/m0/s1. The molecule has 0 radical (unpaired) electrons. The highest BCUT2D eigenvalue weighted by molar-refractivity contribution is 7.91. The van der Waals surface area contributed by atoms with E-state index in [-0.39, 0.29) is 29.6 Å². The van der Waals surface area contributed by atoms with Crippen LogP contribution in [0.1, 0.15) is 13.3 Å². The Bertz CT molecular complexity index is 708. The maximum Gasteiger partial charge on any atom is 0.322 e. The van der Waals surface area contributed by atoms with Crippen LogP contribution in [0.25, 0.3) is 0 Å². The lowest BCUT2D eigenvalue weighted by Crippen LogP contribution is -2.61. The number of nitrogens with zero attached hydrogens (tertiary/aromatic N) is 2. The third kappa shape index (κ3) is 3.68. The predicted molar refractivity (Wildman–Crippen MR) is 95.3 cm³/mol. The largest absolute Gasteiger partial charge is 0.322 e. The lowest BCUT2D eigenvalue weighted by atomic mass is 10.0. The second-order valence-corrected chi connectivity index (χ2v) is 8.97. The van der Waals surface area contributed by atoms with Gasteiger partial charge in [-0.05, 0) is 37.2 Å². The van der Waals surface area contributed by atoms with E-state index in [1.54, 1.807) is 29.2 Å². The van der Waals surface area contributed by atoms with Gasteiger partial charge in [-0.2, -0.15) is 0 Å². The minimum Gasteiger partial charge on any atom is -0.318 e. The fourth-order valence-electron chi connectivity index (χ4n) is 3.57. The summed E-state index contributed by atoms with van der Waals surface area (Å²) >= 11 is 5.85. The van der Waals surface area contributed by atoms with Crippen molar-refractivity contribution in [3.63, 3.8) is 0 Å². The van der Waals surface area contributed by atoms with Gasteiger partial charge in [0.15, 0.2) is 9.84 Å². The number of hydrogen-bond acceptors (Lipinski definition) is 4. The number of piperazine rings is 1. The molecule has 0 aliphatic carbocycles. The van der Waals surface area contributed by atoms with Crippen molar-refractivity contribution in [3.8, 4) is 0 Å². The molecule has 2 atom stereocenters. The van der Waals surface area contributed by atoms with Crippen LogP contribution in [0.5, 0.6) is 0 Å². The van der Waals surface area contributed by atoms with E-state index in [1.165, 1.54) is 0 Å². The molecule has 0 spiro atoms. The fraction of sp³-hybridized carbons (Fsp3) is 0.562. The number of hydrogen-bond donors (Lipinski definition) is 1. The van der Waals surface area contributed by atoms with Gasteiger partial charge in [0.1, 0.15) is 0 Å². The molecule has 2 heterocycles. The molecule has 0 unspecified atom stereocenters. The van der Waals surface area contributed by atoms with Crippen LogP contribution in [0, 0.1) is 0 Å². The summed E-state index contributed by atoms with van der Waals surface area (Å²) in [6.07, 6.45) is 0.972. The molecular weight excluding hydrogens is 350 g/mol. The van der Waals surface area contributed by atoms with Gasteiger partial charge in [-0.3, -0.25) is 4.90 Å². The van der Waals surface area contributed by atoms with Crippen LogP contribution in [-0.4, -0.2) is 67.5 Å². The molecule has 0 saturated carbocycles. The second-order valence-electron chi connectivity index (χ2n) is 6.38. The Balaban J connectivity index is 1.75. The Labute approximate surface area is 147 Å². The first-order chi connectivity index (χ1) is 11.4. The van der Waals surface area contributed by atoms with Crippen molar-refractivity contribution in [2.45, 2.75) is 25.4 Å². The van der Waals surface area contributed by atoms with Crippen molar-refractivity contribution >= 4 is 33.2 Å². The number of fused-ring (bicyclic) bond motifs is 1. The molecule has 6 nitrogen and oxygen atoms in total. The van der Waals surface area contributed by atoms with Gasteiger partial charge in [-0.15, -0.1) is 0 Å². The topological polar surface area (TPSA) is 69.7 Å². The number of carbonyl (C=O) groups is 1. The molecule has 0 aromatic heterocycles. The predicted octanol–water partition coefficient (Wildman–Crippen LogP) is 2.07. The van der Waals surface area contributed by atoms with E-state index < -0.39 is 9.84 Å². The Morgan fingerprint density at radius 1 is 1.21 bits per heavy atom. The van der Waals surface area contributed by atoms with E-state index in [4.69, 9.17) is 11.6 Å². The third-order valence-corrected chi connectivity index (χ3v) is 6.61. The maximum atomic E-state index is 12.6. The Morgan fingerprint density at radius 3 is 2.54 bits per heavy atom. The van der Waals surface area contributed by atoms with Crippen molar-refractivity contribution in [3.05, 3.63) is 29.3 Å². The minimum atomic E-state index is -3.11. The second kappa shape index (κ2) is 6.90. The molecular formula is C16H22ClN3O3S. The van der Waals surface area contributed by atoms with Gasteiger partial charge in [0, 0.05) is 29.8 Å². The molecule has 132 valence electrons. The molecule has 0 bridgehead atoms. The summed E-state index contributed by atoms with van der Waals surface area (Å²) in [7, 11) is -3.11. The van der Waals surface area contributed by atoms with Crippen LogP contribution >= 0.6 is 11.6 Å². The van der Waals surface area contributed by atoms with Crippen LogP contribution in [0.2, 0.25) is 5.02 Å². The number of carbonyl (C=O) groups excluding carboxylic acids is 1. The molecule has 8 heteroatoms. The van der Waals surface area contributed by atoms with Crippen LogP contribution in [-0.2, 0) is 9.84 Å². The summed E-state index contributed by atoms with van der Waals surface area (Å²) in [5, 5.41) is 3.44. The number of urea groups is 1. The lowest BCUT2D eigenvalue weighted by molar-refractivity contribution is 0.0706. The van der Waals surface area contributed by atoms with Crippen LogP contribution < -0.4 is 5.32 Å². The van der Waals surface area contributed by atoms with E-state index in [0.29, 0.717) is 23.8 Å². The molecule has 1 N–H and O–H groups in total. The number of rotatable bonds is 3. The van der Waals surface area contributed by atoms with Gasteiger partial charge in [0.05, 0.1) is 17.5 Å². The Hall–Kier alpha value is -1.31. The number of amides is 2. The van der Waals surface area contributed by atoms with Crippen LogP contribution in [0.15, 0.2) is 24.3 Å². The summed E-state index contributed by atoms with van der Waals surface area (Å²) in [6, 6.07) is 6.26. The molecule has 2 saturated heterocycles. The zero-order chi connectivity index (χ0) is 17.3. The van der Waals surface area contributed by atoms with E-state index in [0.717, 1.165) is 13.0 Å². The third-order valence-electron chi connectivity index (χ3n) is 4.66. The van der Waals surface area contributed by atoms with E-state index in [2.05, 4.69) is 17.1 Å². The van der Waals surface area contributed by atoms with Crippen LogP contribution in [0.4, 0.5) is 10.5 Å². The molecule has 2 aliphatic rings. The summed E-state index contributed by atoms with van der Waals surface area (Å²) in [5.74, 6) is 0.189. The average Bonchev–Trinajstić information content (AvgIpc) is 2.85. The molecule has 2 amide bonds. The first-order valence-corrected chi connectivity index (χ1v) is 10.4. The SMILES string of the molecule is CCCN1CCN(C(=O)Nc2ccc(Cl)cc2)[C@@H]2CS(=O)(=O)C[C@@H]21. The molecule has 3 rings (SSSR count). The maximum absolute atomic E-state index is 12.6. The summed E-state index contributed by atoms with van der Waals surface area (Å²) in [4.78, 5) is 16.5. The average molecular weight is 372 g/mol. The van der Waals surface area contributed by atoms with Gasteiger partial charge in [0.25, 0.3) is 0 Å². The smallest absolute Gasteiger partial charge is 0.318 e. The quantitative estimate of drug-likeness (QED) is 0.883. The van der Waals surface area contributed by atoms with Crippen molar-refractivity contribution in [1.82, 2.24) is 9.80 Å². The van der Waals surface area contributed by atoms with Crippen molar-refractivity contribution in [2.75, 3.05) is 36.5 Å². The Morgan fingerprint density at radius 2 is 1.88 bits per heavy atom. The molecule has 2 fully saturated rings. The summed E-state index contributed by atoms with van der Waals surface area (Å²) < 4.78 is 24.2. The highest BCUT2D eigenvalue weighted by Crippen LogP contribution is 2.27. The van der Waals surface area contributed by atoms with Crippen molar-refractivity contribution in [2.24, 2.45) is 0 Å². The molecule has 1 aromatic rings. The van der Waals surface area contributed by atoms with Crippen LogP contribution in [0.3, 0.4) is 0 Å². The Kier molecular flexibility index (Phi) is 5.03. The zero-order valence-electron chi connectivity index (χ0n) is 13.6. The first kappa shape index (κ1) is 17.5. The van der Waals surface area contributed by atoms with E-state index >= 15 is 0 Å². The molecule has 1 aromatic carbocycles. The van der Waals surface area contributed by atoms with Gasteiger partial charge >= 0.3 is 6.03 Å². The monoisotopic (exact) mass is 371 g/mol. The molecule has 2 aliphatic heterocycles. The van der Waals surface area contributed by atoms with Gasteiger partial charge in [-0.25, -0.2) is 13.2 Å². The highest BCUT2D eigenvalue weighted by Gasteiger charge is 2.47. The lowest BCUT2D eigenvalue weighted by Gasteiger charge is -2.43. The van der Waals surface area contributed by atoms with E-state index in [9.17, 15) is 13.2 Å². The number of benzene rings is 1. The van der Waals surface area contributed by atoms with Gasteiger partial charge < -0.3 is 10.2 Å². The minimum absolute atomic E-state index is 0.0475. The zero-order valence-corrected chi connectivity index (χ0v) is 15.2. The fourth-order valence-corrected chi connectivity index (χ4v) is 5.71. The summed E-state index contributed by atoms with van der Waals surface area (Å²) in [6.45, 7) is 4.19. The number of nitrogens with one attached hydrogen (secondary N) is 1. The van der Waals surface area contributed by atoms with Crippen molar-refractivity contribution in [1.29, 1.82) is 0 Å².